The van der Waals surface area contributed by atoms with Gasteiger partial charge in [-0.15, -0.1) is 11.3 Å². The van der Waals surface area contributed by atoms with E-state index in [2.05, 4.69) is 10.3 Å². The molecule has 2 heterocycles. The van der Waals surface area contributed by atoms with Crippen LogP contribution in [0, 0.1) is 23.7 Å². The molecule has 182 valence electrons. The van der Waals surface area contributed by atoms with Gasteiger partial charge in [0.2, 0.25) is 17.7 Å². The van der Waals surface area contributed by atoms with Gasteiger partial charge in [-0.05, 0) is 62.8 Å². The van der Waals surface area contributed by atoms with Crippen molar-refractivity contribution in [3.05, 3.63) is 29.1 Å². The summed E-state index contributed by atoms with van der Waals surface area (Å²) >= 11 is 1.43. The van der Waals surface area contributed by atoms with E-state index in [1.807, 2.05) is 58.9 Å². The van der Waals surface area contributed by atoms with Gasteiger partial charge in [-0.25, -0.2) is 4.98 Å². The number of hydrogen-bond acceptors (Lipinski definition) is 6. The second-order valence-electron chi connectivity index (χ2n) is 9.97. The number of nitrogens with one attached hydrogen (secondary N) is 1. The van der Waals surface area contributed by atoms with Gasteiger partial charge in [0.25, 0.3) is 0 Å². The van der Waals surface area contributed by atoms with Crippen LogP contribution in [0.2, 0.25) is 0 Å². The smallest absolute Gasteiger partial charge is 0.235 e. The van der Waals surface area contributed by atoms with Gasteiger partial charge in [-0.2, -0.15) is 0 Å². The molecule has 1 aliphatic heterocycles. The second kappa shape index (κ2) is 9.13. The summed E-state index contributed by atoms with van der Waals surface area (Å²) in [4.78, 5) is 45.6. The Bertz CT molecular complexity index is 1110. The van der Waals surface area contributed by atoms with Gasteiger partial charge in [0.15, 0.2) is 5.13 Å². The lowest BCUT2D eigenvalue weighted by Crippen LogP contribution is -2.59. The van der Waals surface area contributed by atoms with E-state index >= 15 is 0 Å². The van der Waals surface area contributed by atoms with Crippen LogP contribution in [0.25, 0.3) is 11.3 Å². The minimum atomic E-state index is -0.510. The number of carbonyl (C=O) groups excluding carboxylic acids is 3. The summed E-state index contributed by atoms with van der Waals surface area (Å²) in [7, 11) is 0. The number of thiazole rings is 1. The van der Waals surface area contributed by atoms with Crippen LogP contribution < -0.4 is 10.1 Å². The normalized spacial score (nSPS) is 23.3. The number of aryl methyl sites for hydroxylation is 1. The Hall–Kier alpha value is -2.74. The molecule has 34 heavy (non-hydrogen) atoms. The standard InChI is InChI=1S/C26H33N3O4S/c1-6-33-18-11-9-17(10-12-18)21-16(2)34-24(28-21)27-20(30)8-7-15-29-22(31)19-13-14-26(5,23(29)32)25(19,3)4/h9-12,19H,6-8,13-15H2,1-5H3,(H,27,28,30). The zero-order valence-corrected chi connectivity index (χ0v) is 21.4. The number of imide groups is 1. The third-order valence-electron chi connectivity index (χ3n) is 7.77. The summed E-state index contributed by atoms with van der Waals surface area (Å²) in [6, 6.07) is 7.74. The van der Waals surface area contributed by atoms with Crippen LogP contribution in [0.4, 0.5) is 5.13 Å². The highest BCUT2D eigenvalue weighted by Gasteiger charge is 2.64. The monoisotopic (exact) mass is 483 g/mol. The number of carbonyl (C=O) groups is 3. The molecular weight excluding hydrogens is 450 g/mol. The maximum atomic E-state index is 13.1. The molecule has 0 radical (unpaired) electrons. The fraction of sp³-hybridized carbons (Fsp3) is 0.538. The molecule has 1 aromatic carbocycles. The molecule has 2 aliphatic rings. The SMILES string of the molecule is CCOc1ccc(-c2nc(NC(=O)CCCN3C(=O)C4CCC(C)(C3=O)C4(C)C)sc2C)cc1. The van der Waals surface area contributed by atoms with Gasteiger partial charge >= 0.3 is 0 Å². The molecule has 4 rings (SSSR count). The van der Waals surface area contributed by atoms with E-state index in [0.29, 0.717) is 18.2 Å². The lowest BCUT2D eigenvalue weighted by molar-refractivity contribution is -0.168. The summed E-state index contributed by atoms with van der Waals surface area (Å²) in [5.74, 6) is 0.346. The zero-order valence-electron chi connectivity index (χ0n) is 20.6. The first-order chi connectivity index (χ1) is 16.1. The molecule has 2 bridgehead atoms. The van der Waals surface area contributed by atoms with Gasteiger partial charge in [-0.3, -0.25) is 19.3 Å². The average Bonchev–Trinajstić information content (AvgIpc) is 3.23. The van der Waals surface area contributed by atoms with Gasteiger partial charge in [-0.1, -0.05) is 20.8 Å². The topological polar surface area (TPSA) is 88.6 Å². The van der Waals surface area contributed by atoms with E-state index in [1.54, 1.807) is 0 Å². The number of hydrogen-bond donors (Lipinski definition) is 1. The number of fused-ring (bicyclic) bond motifs is 2. The highest BCUT2D eigenvalue weighted by Crippen LogP contribution is 2.60. The van der Waals surface area contributed by atoms with Gasteiger partial charge in [0, 0.05) is 29.3 Å². The van der Waals surface area contributed by atoms with Crippen LogP contribution >= 0.6 is 11.3 Å². The van der Waals surface area contributed by atoms with Crippen LogP contribution in [0.3, 0.4) is 0 Å². The van der Waals surface area contributed by atoms with E-state index in [9.17, 15) is 14.4 Å². The molecule has 2 unspecified atom stereocenters. The van der Waals surface area contributed by atoms with Gasteiger partial charge in [0.1, 0.15) is 5.75 Å². The molecule has 1 aliphatic carbocycles. The van der Waals surface area contributed by atoms with Crippen molar-refractivity contribution in [2.75, 3.05) is 18.5 Å². The third-order valence-corrected chi connectivity index (χ3v) is 8.66. The molecule has 2 atom stereocenters. The van der Waals surface area contributed by atoms with E-state index in [4.69, 9.17) is 4.74 Å². The summed E-state index contributed by atoms with van der Waals surface area (Å²) in [5, 5.41) is 3.42. The molecule has 1 saturated heterocycles. The van der Waals surface area contributed by atoms with Gasteiger partial charge < -0.3 is 10.1 Å². The number of piperidine rings is 1. The van der Waals surface area contributed by atoms with Crippen molar-refractivity contribution in [2.24, 2.45) is 16.7 Å². The Kier molecular flexibility index (Phi) is 6.55. The van der Waals surface area contributed by atoms with Crippen LogP contribution in [0.5, 0.6) is 5.75 Å². The summed E-state index contributed by atoms with van der Waals surface area (Å²) in [6.07, 6.45) is 2.15. The van der Waals surface area contributed by atoms with E-state index in [1.165, 1.54) is 16.2 Å². The molecule has 2 aromatic rings. The Morgan fingerprint density at radius 3 is 2.62 bits per heavy atom. The molecular formula is C26H33N3O4S. The van der Waals surface area contributed by atoms with E-state index in [0.717, 1.165) is 34.7 Å². The van der Waals surface area contributed by atoms with Crippen molar-refractivity contribution in [2.45, 2.75) is 60.3 Å². The Labute approximate surface area is 204 Å². The maximum absolute atomic E-state index is 13.1. The van der Waals surface area contributed by atoms with E-state index in [-0.39, 0.29) is 42.0 Å². The number of benzene rings is 1. The molecule has 1 N–H and O–H groups in total. The predicted molar refractivity (Wildman–Crippen MR) is 133 cm³/mol. The molecule has 0 spiro atoms. The summed E-state index contributed by atoms with van der Waals surface area (Å²) in [6.45, 7) is 10.9. The fourth-order valence-electron chi connectivity index (χ4n) is 5.29. The van der Waals surface area contributed by atoms with Crippen LogP contribution in [-0.2, 0) is 14.4 Å². The Balaban J connectivity index is 1.33. The Morgan fingerprint density at radius 2 is 1.94 bits per heavy atom. The highest BCUT2D eigenvalue weighted by atomic mass is 32.1. The third kappa shape index (κ3) is 4.13. The van der Waals surface area contributed by atoms with Crippen LogP contribution in [0.1, 0.15) is 58.3 Å². The zero-order chi connectivity index (χ0) is 24.7. The van der Waals surface area contributed by atoms with Crippen molar-refractivity contribution in [3.8, 4) is 17.0 Å². The number of amides is 3. The minimum absolute atomic E-state index is 0.0825. The first kappa shape index (κ1) is 24.4. The van der Waals surface area contributed by atoms with Crippen molar-refractivity contribution in [1.82, 2.24) is 9.88 Å². The van der Waals surface area contributed by atoms with Gasteiger partial charge in [0.05, 0.1) is 17.7 Å². The lowest BCUT2D eigenvalue weighted by atomic mass is 9.62. The fourth-order valence-corrected chi connectivity index (χ4v) is 6.14. The summed E-state index contributed by atoms with van der Waals surface area (Å²) in [5.41, 5.74) is 0.965. The number of aromatic nitrogens is 1. The molecule has 1 saturated carbocycles. The molecule has 2 fully saturated rings. The minimum Gasteiger partial charge on any atom is -0.494 e. The molecule has 8 heteroatoms. The quantitative estimate of drug-likeness (QED) is 0.531. The number of nitrogens with zero attached hydrogens (tertiary/aromatic N) is 2. The Morgan fingerprint density at radius 1 is 1.24 bits per heavy atom. The van der Waals surface area contributed by atoms with Crippen LogP contribution in [0.15, 0.2) is 24.3 Å². The maximum Gasteiger partial charge on any atom is 0.235 e. The number of rotatable bonds is 8. The number of likely N-dealkylation sites (tertiary alicyclic amines) is 1. The molecule has 7 nitrogen and oxygen atoms in total. The molecule has 1 aromatic heterocycles. The first-order valence-electron chi connectivity index (χ1n) is 11.9. The second-order valence-corrected chi connectivity index (χ2v) is 11.2. The van der Waals surface area contributed by atoms with Crippen molar-refractivity contribution >= 4 is 34.2 Å². The van der Waals surface area contributed by atoms with Crippen molar-refractivity contribution < 1.29 is 19.1 Å². The summed E-state index contributed by atoms with van der Waals surface area (Å²) < 4.78 is 5.49. The first-order valence-corrected chi connectivity index (χ1v) is 12.8. The van der Waals surface area contributed by atoms with Crippen LogP contribution in [-0.4, -0.2) is 40.8 Å². The largest absolute Gasteiger partial charge is 0.494 e. The lowest BCUT2D eigenvalue weighted by Gasteiger charge is -2.47. The number of anilines is 1. The predicted octanol–water partition coefficient (Wildman–Crippen LogP) is 5.05. The number of ether oxygens (including phenoxy) is 1. The highest BCUT2D eigenvalue weighted by molar-refractivity contribution is 7.16. The molecule has 3 amide bonds. The van der Waals surface area contributed by atoms with E-state index < -0.39 is 5.41 Å². The average molecular weight is 484 g/mol. The van der Waals surface area contributed by atoms with Crippen molar-refractivity contribution in [1.29, 1.82) is 0 Å². The van der Waals surface area contributed by atoms with Crippen molar-refractivity contribution in [3.63, 3.8) is 0 Å².